The number of amides is 1. The molecular formula is C13H21N5O2. The Balaban J connectivity index is 1.46. The smallest absolute Gasteiger partial charge is 0.287 e. The van der Waals surface area contributed by atoms with Gasteiger partial charge < -0.3 is 9.42 Å². The molecule has 0 unspecified atom stereocenters. The average molecular weight is 279 g/mol. The van der Waals surface area contributed by atoms with Gasteiger partial charge in [-0.2, -0.15) is 0 Å². The molecule has 2 aliphatic rings. The lowest BCUT2D eigenvalue weighted by Gasteiger charge is -2.34. The van der Waals surface area contributed by atoms with Crippen molar-refractivity contribution in [2.75, 3.05) is 32.7 Å². The number of nitrogens with zero attached hydrogens (tertiary/aromatic N) is 3. The number of hydrogen-bond acceptors (Lipinski definition) is 6. The summed E-state index contributed by atoms with van der Waals surface area (Å²) in [6.07, 6.45) is 2.81. The number of nitrogen functional groups attached to an aromatic ring is 1. The van der Waals surface area contributed by atoms with Crippen LogP contribution in [0.15, 0.2) is 10.6 Å². The maximum absolute atomic E-state index is 11.3. The van der Waals surface area contributed by atoms with Crippen LogP contribution in [0.3, 0.4) is 0 Å². The molecule has 20 heavy (non-hydrogen) atoms. The summed E-state index contributed by atoms with van der Waals surface area (Å²) in [6, 6.07) is 1.65. The van der Waals surface area contributed by atoms with Gasteiger partial charge in [-0.3, -0.25) is 15.1 Å². The molecule has 1 saturated heterocycles. The SMILES string of the molecule is NNC(=O)c1cc(CN2CCN(CC3CC3)CC2)on1. The molecule has 7 nitrogen and oxygen atoms in total. The fourth-order valence-electron chi connectivity index (χ4n) is 2.58. The highest BCUT2D eigenvalue weighted by molar-refractivity contribution is 5.91. The molecule has 0 aromatic carbocycles. The van der Waals surface area contributed by atoms with Gasteiger partial charge >= 0.3 is 0 Å². The van der Waals surface area contributed by atoms with Crippen molar-refractivity contribution in [3.05, 3.63) is 17.5 Å². The molecule has 1 aliphatic heterocycles. The van der Waals surface area contributed by atoms with Crippen LogP contribution in [-0.4, -0.2) is 53.6 Å². The lowest BCUT2D eigenvalue weighted by molar-refractivity contribution is 0.0943. The summed E-state index contributed by atoms with van der Waals surface area (Å²) in [5.41, 5.74) is 2.28. The Bertz CT molecular complexity index is 463. The van der Waals surface area contributed by atoms with Gasteiger partial charge in [0, 0.05) is 38.8 Å². The summed E-state index contributed by atoms with van der Waals surface area (Å²) in [7, 11) is 0. The third kappa shape index (κ3) is 3.36. The van der Waals surface area contributed by atoms with Gasteiger partial charge in [0.15, 0.2) is 11.5 Å². The molecule has 2 fully saturated rings. The van der Waals surface area contributed by atoms with E-state index in [1.54, 1.807) is 6.07 Å². The van der Waals surface area contributed by atoms with E-state index >= 15 is 0 Å². The van der Waals surface area contributed by atoms with Crippen LogP contribution in [0.1, 0.15) is 29.1 Å². The number of carbonyl (C=O) groups excluding carboxylic acids is 1. The predicted molar refractivity (Wildman–Crippen MR) is 72.6 cm³/mol. The van der Waals surface area contributed by atoms with Crippen molar-refractivity contribution in [1.29, 1.82) is 0 Å². The Hall–Kier alpha value is -1.44. The van der Waals surface area contributed by atoms with Crippen molar-refractivity contribution in [2.24, 2.45) is 11.8 Å². The minimum Gasteiger partial charge on any atom is -0.359 e. The lowest BCUT2D eigenvalue weighted by Crippen LogP contribution is -2.46. The molecule has 1 aromatic rings. The van der Waals surface area contributed by atoms with Crippen LogP contribution in [0.2, 0.25) is 0 Å². The van der Waals surface area contributed by atoms with E-state index in [4.69, 9.17) is 10.4 Å². The largest absolute Gasteiger partial charge is 0.359 e. The maximum atomic E-state index is 11.3. The van der Waals surface area contributed by atoms with Crippen molar-refractivity contribution in [1.82, 2.24) is 20.4 Å². The summed E-state index contributed by atoms with van der Waals surface area (Å²) in [5, 5.41) is 3.71. The zero-order valence-corrected chi connectivity index (χ0v) is 11.5. The third-order valence-corrected chi connectivity index (χ3v) is 3.98. The molecule has 1 amide bonds. The van der Waals surface area contributed by atoms with E-state index in [1.165, 1.54) is 19.4 Å². The van der Waals surface area contributed by atoms with Crippen LogP contribution in [-0.2, 0) is 6.54 Å². The number of rotatable bonds is 5. The zero-order valence-electron chi connectivity index (χ0n) is 11.5. The molecule has 3 N–H and O–H groups in total. The van der Waals surface area contributed by atoms with Crippen LogP contribution in [0.5, 0.6) is 0 Å². The van der Waals surface area contributed by atoms with Crippen LogP contribution in [0.25, 0.3) is 0 Å². The second kappa shape index (κ2) is 5.90. The van der Waals surface area contributed by atoms with E-state index in [1.807, 2.05) is 5.43 Å². The number of nitrogens with one attached hydrogen (secondary N) is 1. The number of hydrogen-bond donors (Lipinski definition) is 2. The molecule has 7 heteroatoms. The second-order valence-electron chi connectivity index (χ2n) is 5.67. The van der Waals surface area contributed by atoms with Crippen molar-refractivity contribution in [3.8, 4) is 0 Å². The van der Waals surface area contributed by atoms with E-state index in [0.29, 0.717) is 12.3 Å². The van der Waals surface area contributed by atoms with Gasteiger partial charge in [-0.25, -0.2) is 5.84 Å². The molecule has 110 valence electrons. The summed E-state index contributed by atoms with van der Waals surface area (Å²) < 4.78 is 5.17. The molecular weight excluding hydrogens is 258 g/mol. The fraction of sp³-hybridized carbons (Fsp3) is 0.692. The third-order valence-electron chi connectivity index (χ3n) is 3.98. The van der Waals surface area contributed by atoms with E-state index in [0.717, 1.165) is 32.1 Å². The Kier molecular flexibility index (Phi) is 4.00. The first-order chi connectivity index (χ1) is 9.74. The van der Waals surface area contributed by atoms with Gasteiger partial charge in [0.05, 0.1) is 6.54 Å². The molecule has 2 heterocycles. The zero-order chi connectivity index (χ0) is 13.9. The number of hydrazine groups is 1. The van der Waals surface area contributed by atoms with Crippen LogP contribution in [0.4, 0.5) is 0 Å². The van der Waals surface area contributed by atoms with Crippen molar-refractivity contribution < 1.29 is 9.32 Å². The van der Waals surface area contributed by atoms with Crippen LogP contribution < -0.4 is 11.3 Å². The van der Waals surface area contributed by atoms with E-state index in [2.05, 4.69) is 15.0 Å². The first kappa shape index (κ1) is 13.5. The van der Waals surface area contributed by atoms with Gasteiger partial charge in [-0.15, -0.1) is 0 Å². The van der Waals surface area contributed by atoms with Gasteiger partial charge in [0.2, 0.25) is 0 Å². The normalized spacial score (nSPS) is 21.1. The number of carbonyl (C=O) groups is 1. The van der Waals surface area contributed by atoms with Gasteiger partial charge in [-0.1, -0.05) is 5.16 Å². The van der Waals surface area contributed by atoms with Gasteiger partial charge in [0.1, 0.15) is 0 Å². The predicted octanol–water partition coefficient (Wildman–Crippen LogP) is -0.194. The van der Waals surface area contributed by atoms with E-state index < -0.39 is 5.91 Å². The molecule has 1 aromatic heterocycles. The summed E-state index contributed by atoms with van der Waals surface area (Å²) in [6.45, 7) is 6.25. The minimum atomic E-state index is -0.422. The van der Waals surface area contributed by atoms with Crippen molar-refractivity contribution >= 4 is 5.91 Å². The average Bonchev–Trinajstić information content (AvgIpc) is 3.16. The molecule has 3 rings (SSSR count). The molecule has 0 bridgehead atoms. The highest BCUT2D eigenvalue weighted by atomic mass is 16.5. The minimum absolute atomic E-state index is 0.231. The standard InChI is InChI=1S/C13H21N5O2/c14-15-13(19)12-7-11(20-16-12)9-18-5-3-17(4-6-18)8-10-1-2-10/h7,10H,1-6,8-9,14H2,(H,15,19). The first-order valence-electron chi connectivity index (χ1n) is 7.16. The monoisotopic (exact) mass is 279 g/mol. The fourth-order valence-corrected chi connectivity index (χ4v) is 2.58. The summed E-state index contributed by atoms with van der Waals surface area (Å²) >= 11 is 0. The number of aromatic nitrogens is 1. The van der Waals surface area contributed by atoms with Crippen molar-refractivity contribution in [3.63, 3.8) is 0 Å². The Morgan fingerprint density at radius 2 is 2.05 bits per heavy atom. The van der Waals surface area contributed by atoms with E-state index in [-0.39, 0.29) is 5.69 Å². The Morgan fingerprint density at radius 3 is 2.70 bits per heavy atom. The number of nitrogens with two attached hydrogens (primary N) is 1. The van der Waals surface area contributed by atoms with Gasteiger partial charge in [0.25, 0.3) is 5.91 Å². The van der Waals surface area contributed by atoms with Gasteiger partial charge in [-0.05, 0) is 18.8 Å². The highest BCUT2D eigenvalue weighted by Crippen LogP contribution is 2.29. The van der Waals surface area contributed by atoms with Crippen LogP contribution >= 0.6 is 0 Å². The number of piperazine rings is 1. The maximum Gasteiger partial charge on any atom is 0.287 e. The molecule has 1 saturated carbocycles. The Morgan fingerprint density at radius 1 is 1.35 bits per heavy atom. The van der Waals surface area contributed by atoms with Crippen molar-refractivity contribution in [2.45, 2.75) is 19.4 Å². The topological polar surface area (TPSA) is 87.6 Å². The molecule has 0 radical (unpaired) electrons. The molecule has 0 atom stereocenters. The Labute approximate surface area is 118 Å². The highest BCUT2D eigenvalue weighted by Gasteiger charge is 2.26. The summed E-state index contributed by atoms with van der Waals surface area (Å²) in [4.78, 5) is 16.2. The van der Waals surface area contributed by atoms with Crippen LogP contribution in [0, 0.1) is 5.92 Å². The molecule has 0 spiro atoms. The van der Waals surface area contributed by atoms with E-state index in [9.17, 15) is 4.79 Å². The summed E-state index contributed by atoms with van der Waals surface area (Å²) in [5.74, 6) is 6.30. The second-order valence-corrected chi connectivity index (χ2v) is 5.67. The molecule has 1 aliphatic carbocycles. The lowest BCUT2D eigenvalue weighted by atomic mass is 10.2. The quantitative estimate of drug-likeness (QED) is 0.441. The first-order valence-corrected chi connectivity index (χ1v) is 7.16.